The van der Waals surface area contributed by atoms with E-state index in [-0.39, 0.29) is 28.9 Å². The van der Waals surface area contributed by atoms with E-state index in [2.05, 4.69) is 12.2 Å². The van der Waals surface area contributed by atoms with Gasteiger partial charge in [-0.2, -0.15) is 0 Å². The number of aromatic nitrogens is 1. The third-order valence-corrected chi connectivity index (χ3v) is 5.09. The summed E-state index contributed by atoms with van der Waals surface area (Å²) in [6.07, 6.45) is 2.52. The number of hydrogen-bond donors (Lipinski definition) is 1. The van der Waals surface area contributed by atoms with Crippen molar-refractivity contribution in [1.29, 1.82) is 0 Å². The fourth-order valence-electron chi connectivity index (χ4n) is 3.69. The maximum absolute atomic E-state index is 13.1. The first-order valence-corrected chi connectivity index (χ1v) is 8.69. The Balaban J connectivity index is 1.71. The molecule has 0 radical (unpaired) electrons. The lowest BCUT2D eigenvalue weighted by Gasteiger charge is -2.16. The Morgan fingerprint density at radius 1 is 1.23 bits per heavy atom. The van der Waals surface area contributed by atoms with Gasteiger partial charge in [0.05, 0.1) is 11.6 Å². The van der Waals surface area contributed by atoms with E-state index < -0.39 is 5.91 Å². The van der Waals surface area contributed by atoms with Crippen molar-refractivity contribution in [2.75, 3.05) is 0 Å². The van der Waals surface area contributed by atoms with E-state index in [9.17, 15) is 14.0 Å². The van der Waals surface area contributed by atoms with Crippen molar-refractivity contribution < 1.29 is 9.18 Å². The van der Waals surface area contributed by atoms with E-state index in [1.165, 1.54) is 12.1 Å². The predicted molar refractivity (Wildman–Crippen MR) is 98.9 cm³/mol. The molecule has 0 spiro atoms. The van der Waals surface area contributed by atoms with Crippen LogP contribution in [-0.2, 0) is 6.42 Å². The van der Waals surface area contributed by atoms with E-state index in [0.29, 0.717) is 5.39 Å². The second kappa shape index (κ2) is 6.09. The summed E-state index contributed by atoms with van der Waals surface area (Å²) in [7, 11) is 0. The molecule has 132 valence electrons. The molecule has 1 aliphatic rings. The highest BCUT2D eigenvalue weighted by molar-refractivity contribution is 5.98. The normalized spacial score (nSPS) is 16.7. The molecule has 2 heterocycles. The van der Waals surface area contributed by atoms with Crippen LogP contribution in [0.3, 0.4) is 0 Å². The number of hydrogen-bond acceptors (Lipinski definition) is 2. The summed E-state index contributed by atoms with van der Waals surface area (Å²) in [5.41, 5.74) is 2.72. The molecule has 0 saturated heterocycles. The van der Waals surface area contributed by atoms with Crippen LogP contribution in [0.4, 0.5) is 4.39 Å². The molecule has 4 rings (SSSR count). The van der Waals surface area contributed by atoms with Crippen LogP contribution in [0.15, 0.2) is 53.5 Å². The maximum Gasteiger partial charge on any atom is 0.257 e. The molecule has 2 aromatic carbocycles. The van der Waals surface area contributed by atoms with Gasteiger partial charge in [0.15, 0.2) is 0 Å². The number of rotatable bonds is 3. The molecule has 2 unspecified atom stereocenters. The number of nitrogens with one attached hydrogen (secondary N) is 1. The fraction of sp³-hybridized carbons (Fsp3) is 0.238. The van der Waals surface area contributed by atoms with Crippen LogP contribution in [-0.4, -0.2) is 10.5 Å². The van der Waals surface area contributed by atoms with Gasteiger partial charge in [0.2, 0.25) is 5.43 Å². The van der Waals surface area contributed by atoms with Crippen molar-refractivity contribution in [2.45, 2.75) is 32.4 Å². The van der Waals surface area contributed by atoms with Crippen LogP contribution < -0.4 is 10.7 Å². The number of carbonyl (C=O) groups is 1. The van der Waals surface area contributed by atoms with Crippen molar-refractivity contribution >= 4 is 16.8 Å². The summed E-state index contributed by atoms with van der Waals surface area (Å²) in [6, 6.07) is 11.5. The Bertz CT molecular complexity index is 1070. The molecule has 0 bridgehead atoms. The molecular weight excluding hydrogens is 331 g/mol. The first kappa shape index (κ1) is 16.5. The lowest BCUT2D eigenvalue weighted by Crippen LogP contribution is -2.31. The van der Waals surface area contributed by atoms with Crippen LogP contribution in [0, 0.1) is 5.82 Å². The summed E-state index contributed by atoms with van der Waals surface area (Å²) in [6.45, 7) is 3.89. The van der Waals surface area contributed by atoms with E-state index in [1.807, 2.05) is 23.6 Å². The summed E-state index contributed by atoms with van der Waals surface area (Å²) in [4.78, 5) is 25.6. The third-order valence-electron chi connectivity index (χ3n) is 5.09. The molecule has 2 atom stereocenters. The Labute approximate surface area is 150 Å². The number of carbonyl (C=O) groups excluding carboxylic acids is 1. The smallest absolute Gasteiger partial charge is 0.257 e. The van der Waals surface area contributed by atoms with Gasteiger partial charge in [0.1, 0.15) is 11.4 Å². The van der Waals surface area contributed by atoms with Crippen molar-refractivity contribution in [1.82, 2.24) is 9.88 Å². The molecule has 1 aliphatic heterocycles. The Kier molecular flexibility index (Phi) is 3.87. The number of benzene rings is 2. The van der Waals surface area contributed by atoms with Gasteiger partial charge in [-0.25, -0.2) is 4.39 Å². The van der Waals surface area contributed by atoms with E-state index in [4.69, 9.17) is 0 Å². The first-order valence-electron chi connectivity index (χ1n) is 8.69. The molecule has 1 N–H and O–H groups in total. The van der Waals surface area contributed by atoms with Crippen LogP contribution in [0.25, 0.3) is 10.9 Å². The summed E-state index contributed by atoms with van der Waals surface area (Å²) >= 11 is 0. The second-order valence-corrected chi connectivity index (χ2v) is 6.89. The first-order chi connectivity index (χ1) is 12.5. The number of nitrogens with zero attached hydrogens (tertiary/aromatic N) is 1. The van der Waals surface area contributed by atoms with Gasteiger partial charge in [0, 0.05) is 17.6 Å². The molecule has 0 saturated carbocycles. The molecule has 4 nitrogen and oxygen atoms in total. The maximum atomic E-state index is 13.1. The Morgan fingerprint density at radius 3 is 2.69 bits per heavy atom. The van der Waals surface area contributed by atoms with Gasteiger partial charge >= 0.3 is 0 Å². The number of halogens is 1. The van der Waals surface area contributed by atoms with Gasteiger partial charge in [-0.1, -0.05) is 24.3 Å². The molecule has 0 fully saturated rings. The number of pyridine rings is 1. The molecule has 0 aliphatic carbocycles. The summed E-state index contributed by atoms with van der Waals surface area (Å²) in [5.74, 6) is -0.741. The zero-order valence-electron chi connectivity index (χ0n) is 14.6. The van der Waals surface area contributed by atoms with Crippen molar-refractivity contribution in [3.8, 4) is 0 Å². The Morgan fingerprint density at radius 2 is 1.96 bits per heavy atom. The minimum atomic E-state index is -0.415. The van der Waals surface area contributed by atoms with Gasteiger partial charge in [-0.3, -0.25) is 9.59 Å². The zero-order valence-corrected chi connectivity index (χ0v) is 14.6. The lowest BCUT2D eigenvalue weighted by atomic mass is 10.1. The molecule has 1 amide bonds. The van der Waals surface area contributed by atoms with Gasteiger partial charge in [-0.15, -0.1) is 0 Å². The molecular formula is C21H19FN2O2. The number of amides is 1. The van der Waals surface area contributed by atoms with Crippen LogP contribution in [0.2, 0.25) is 0 Å². The minimum Gasteiger partial charge on any atom is -0.345 e. The van der Waals surface area contributed by atoms with E-state index in [0.717, 1.165) is 23.1 Å². The van der Waals surface area contributed by atoms with Crippen molar-refractivity contribution in [2.24, 2.45) is 0 Å². The van der Waals surface area contributed by atoms with Crippen LogP contribution in [0.1, 0.15) is 47.4 Å². The van der Waals surface area contributed by atoms with E-state index >= 15 is 0 Å². The van der Waals surface area contributed by atoms with Gasteiger partial charge < -0.3 is 9.88 Å². The van der Waals surface area contributed by atoms with Gasteiger partial charge in [0.25, 0.3) is 5.91 Å². The standard InChI is InChI=1S/C21H19FN2O2/c1-12-10-15-4-3-5-17-19(15)24(12)11-18(20(17)25)21(26)23-13(2)14-6-8-16(22)9-7-14/h3-9,11-13H,10H2,1-2H3,(H,23,26). The third kappa shape index (κ3) is 2.60. The monoisotopic (exact) mass is 350 g/mol. The van der Waals surface area contributed by atoms with Gasteiger partial charge in [-0.05, 0) is 49.6 Å². The van der Waals surface area contributed by atoms with Crippen LogP contribution >= 0.6 is 0 Å². The molecule has 1 aromatic heterocycles. The molecule has 3 aromatic rings. The zero-order chi connectivity index (χ0) is 18.4. The highest BCUT2D eigenvalue weighted by Crippen LogP contribution is 2.30. The topological polar surface area (TPSA) is 51.1 Å². The SMILES string of the molecule is CC(NC(=O)c1cn2c3c(cccc3c1=O)CC2C)c1ccc(F)cc1. The quantitative estimate of drug-likeness (QED) is 0.782. The second-order valence-electron chi connectivity index (χ2n) is 6.89. The van der Waals surface area contributed by atoms with Crippen LogP contribution in [0.5, 0.6) is 0 Å². The van der Waals surface area contributed by atoms with Crippen molar-refractivity contribution in [3.63, 3.8) is 0 Å². The van der Waals surface area contributed by atoms with E-state index in [1.54, 1.807) is 24.4 Å². The number of para-hydroxylation sites is 1. The lowest BCUT2D eigenvalue weighted by molar-refractivity contribution is 0.0938. The highest BCUT2D eigenvalue weighted by atomic mass is 19.1. The molecule has 5 heteroatoms. The minimum absolute atomic E-state index is 0.136. The summed E-state index contributed by atoms with van der Waals surface area (Å²) in [5, 5.41) is 3.42. The predicted octanol–water partition coefficient (Wildman–Crippen LogP) is 3.75. The Hall–Kier alpha value is -2.95. The average Bonchev–Trinajstić information content (AvgIpc) is 2.94. The summed E-state index contributed by atoms with van der Waals surface area (Å²) < 4.78 is 15.1. The fourth-order valence-corrected chi connectivity index (χ4v) is 3.69. The average molecular weight is 350 g/mol. The highest BCUT2D eigenvalue weighted by Gasteiger charge is 2.24. The van der Waals surface area contributed by atoms with Crippen molar-refractivity contribution in [3.05, 3.63) is 81.4 Å². The largest absolute Gasteiger partial charge is 0.345 e. The molecule has 26 heavy (non-hydrogen) atoms.